The van der Waals surface area contributed by atoms with Crippen molar-refractivity contribution in [3.05, 3.63) is 70.2 Å². The fourth-order valence-electron chi connectivity index (χ4n) is 3.44. The Morgan fingerprint density at radius 2 is 1.79 bits per heavy atom. The van der Waals surface area contributed by atoms with Crippen LogP contribution in [-0.4, -0.2) is 31.7 Å². The molecule has 0 bridgehead atoms. The smallest absolute Gasteiger partial charge is 0.223 e. The zero-order valence-corrected chi connectivity index (χ0v) is 17.5. The number of amides is 1. The van der Waals surface area contributed by atoms with E-state index in [1.807, 2.05) is 43.3 Å². The Labute approximate surface area is 171 Å². The number of hydrogen-bond donors (Lipinski definition) is 1. The number of carbonyl (C=O) groups is 1. The van der Waals surface area contributed by atoms with Crippen molar-refractivity contribution >= 4 is 27.5 Å². The average molecular weight is 421 g/mol. The number of aryl methyl sites for hydroxylation is 1. The summed E-state index contributed by atoms with van der Waals surface area (Å²) in [5.74, 6) is -0.175. The van der Waals surface area contributed by atoms with E-state index < -0.39 is 10.0 Å². The molecule has 1 fully saturated rings. The van der Waals surface area contributed by atoms with E-state index in [9.17, 15) is 13.2 Å². The lowest BCUT2D eigenvalue weighted by molar-refractivity contribution is -0.126. The summed E-state index contributed by atoms with van der Waals surface area (Å²) in [5, 5.41) is 3.60. The van der Waals surface area contributed by atoms with Crippen molar-refractivity contribution in [3.8, 4) is 0 Å². The van der Waals surface area contributed by atoms with Crippen molar-refractivity contribution in [2.45, 2.75) is 32.1 Å². The van der Waals surface area contributed by atoms with E-state index in [0.29, 0.717) is 37.5 Å². The van der Waals surface area contributed by atoms with Gasteiger partial charge in [-0.25, -0.2) is 12.7 Å². The molecule has 2 aromatic rings. The first-order valence-electron chi connectivity index (χ1n) is 9.39. The maximum atomic E-state index is 12.7. The summed E-state index contributed by atoms with van der Waals surface area (Å²) in [4.78, 5) is 12.4. The highest BCUT2D eigenvalue weighted by Gasteiger charge is 2.31. The topological polar surface area (TPSA) is 66.5 Å². The molecular formula is C21H25ClN2O3S. The molecule has 0 aromatic heterocycles. The highest BCUT2D eigenvalue weighted by atomic mass is 35.5. The number of benzene rings is 2. The van der Waals surface area contributed by atoms with E-state index >= 15 is 0 Å². The van der Waals surface area contributed by atoms with Crippen LogP contribution in [-0.2, 0) is 27.1 Å². The number of sulfonamides is 1. The lowest BCUT2D eigenvalue weighted by atomic mass is 9.97. The second kappa shape index (κ2) is 9.07. The summed E-state index contributed by atoms with van der Waals surface area (Å²) >= 11 is 5.86. The summed E-state index contributed by atoms with van der Waals surface area (Å²) < 4.78 is 26.9. The van der Waals surface area contributed by atoms with Crippen molar-refractivity contribution in [1.82, 2.24) is 9.62 Å². The third kappa shape index (κ3) is 5.56. The first-order chi connectivity index (χ1) is 13.3. The maximum absolute atomic E-state index is 12.7. The Kier molecular flexibility index (Phi) is 6.75. The molecule has 1 amide bonds. The van der Waals surface area contributed by atoms with Crippen molar-refractivity contribution < 1.29 is 13.2 Å². The van der Waals surface area contributed by atoms with Gasteiger partial charge in [-0.3, -0.25) is 4.79 Å². The molecule has 3 rings (SSSR count). The van der Waals surface area contributed by atoms with Gasteiger partial charge in [0.15, 0.2) is 0 Å². The fraction of sp³-hybridized carbons (Fsp3) is 0.381. The highest BCUT2D eigenvalue weighted by molar-refractivity contribution is 7.88. The van der Waals surface area contributed by atoms with Crippen LogP contribution in [0.2, 0.25) is 5.02 Å². The predicted molar refractivity (Wildman–Crippen MR) is 111 cm³/mol. The number of piperidine rings is 1. The number of nitrogens with zero attached hydrogens (tertiary/aromatic N) is 1. The number of carbonyl (C=O) groups excluding carboxylic acids is 1. The van der Waals surface area contributed by atoms with Crippen molar-refractivity contribution in [3.63, 3.8) is 0 Å². The lowest BCUT2D eigenvalue weighted by Crippen LogP contribution is -2.43. The van der Waals surface area contributed by atoms with Crippen LogP contribution >= 0.6 is 11.6 Å². The third-order valence-electron chi connectivity index (χ3n) is 5.03. The van der Waals surface area contributed by atoms with E-state index in [1.54, 1.807) is 12.1 Å². The van der Waals surface area contributed by atoms with Crippen LogP contribution in [0, 0.1) is 12.8 Å². The maximum Gasteiger partial charge on any atom is 0.223 e. The van der Waals surface area contributed by atoms with Gasteiger partial charge in [0, 0.05) is 30.6 Å². The molecule has 1 aliphatic rings. The number of nitrogens with one attached hydrogen (secondary N) is 1. The molecule has 0 aliphatic carbocycles. The number of rotatable bonds is 6. The van der Waals surface area contributed by atoms with Crippen molar-refractivity contribution in [2.24, 2.45) is 5.92 Å². The number of halogens is 1. The van der Waals surface area contributed by atoms with Crippen LogP contribution < -0.4 is 5.32 Å². The zero-order valence-electron chi connectivity index (χ0n) is 15.9. The van der Waals surface area contributed by atoms with Crippen LogP contribution in [0.25, 0.3) is 0 Å². The van der Waals surface area contributed by atoms with Gasteiger partial charge in [-0.05, 0) is 43.0 Å². The molecule has 5 nitrogen and oxygen atoms in total. The molecule has 0 spiro atoms. The summed E-state index contributed by atoms with van der Waals surface area (Å²) in [7, 11) is -3.37. The van der Waals surface area contributed by atoms with E-state index in [1.165, 1.54) is 4.31 Å². The van der Waals surface area contributed by atoms with Crippen LogP contribution in [0.5, 0.6) is 0 Å². The zero-order chi connectivity index (χ0) is 20.1. The molecule has 7 heteroatoms. The second-order valence-corrected chi connectivity index (χ2v) is 9.67. The standard InChI is InChI=1S/C21H25ClN2O3S/c1-16-3-2-4-18(13-16)15-28(26,27)24-11-9-19(10-12-24)21(25)23-14-17-5-7-20(22)8-6-17/h2-8,13,19H,9-12,14-15H2,1H3,(H,23,25). The van der Waals surface area contributed by atoms with Gasteiger partial charge in [0.05, 0.1) is 5.75 Å². The third-order valence-corrected chi connectivity index (χ3v) is 7.13. The molecule has 0 atom stereocenters. The Morgan fingerprint density at radius 1 is 1.11 bits per heavy atom. The minimum absolute atomic E-state index is 0.00209. The summed E-state index contributed by atoms with van der Waals surface area (Å²) in [5.41, 5.74) is 2.82. The lowest BCUT2D eigenvalue weighted by Gasteiger charge is -2.30. The van der Waals surface area contributed by atoms with Gasteiger partial charge in [0.2, 0.25) is 15.9 Å². The Bertz CT molecular complexity index is 921. The van der Waals surface area contributed by atoms with Gasteiger partial charge in [-0.15, -0.1) is 0 Å². The minimum Gasteiger partial charge on any atom is -0.352 e. The van der Waals surface area contributed by atoms with Gasteiger partial charge in [-0.2, -0.15) is 0 Å². The van der Waals surface area contributed by atoms with E-state index in [4.69, 9.17) is 11.6 Å². The van der Waals surface area contributed by atoms with Gasteiger partial charge < -0.3 is 5.32 Å². The first-order valence-corrected chi connectivity index (χ1v) is 11.4. The van der Waals surface area contributed by atoms with Crippen LogP contribution in [0.4, 0.5) is 0 Å². The van der Waals surface area contributed by atoms with E-state index in [-0.39, 0.29) is 17.6 Å². The molecule has 0 radical (unpaired) electrons. The van der Waals surface area contributed by atoms with E-state index in [0.717, 1.165) is 16.7 Å². The molecule has 150 valence electrons. The molecule has 2 aromatic carbocycles. The summed E-state index contributed by atoms with van der Waals surface area (Å²) in [6, 6.07) is 14.9. The SMILES string of the molecule is Cc1cccc(CS(=O)(=O)N2CCC(C(=O)NCc3ccc(Cl)cc3)CC2)c1. The largest absolute Gasteiger partial charge is 0.352 e. The fourth-order valence-corrected chi connectivity index (χ4v) is 5.11. The average Bonchev–Trinajstić information content (AvgIpc) is 2.67. The minimum atomic E-state index is -3.37. The summed E-state index contributed by atoms with van der Waals surface area (Å²) in [6.45, 7) is 3.16. The quantitative estimate of drug-likeness (QED) is 0.777. The summed E-state index contributed by atoms with van der Waals surface area (Å²) in [6.07, 6.45) is 1.08. The molecule has 1 N–H and O–H groups in total. The van der Waals surface area contributed by atoms with E-state index in [2.05, 4.69) is 5.32 Å². The first kappa shape index (κ1) is 20.8. The molecule has 1 heterocycles. The van der Waals surface area contributed by atoms with Gasteiger partial charge in [0.1, 0.15) is 0 Å². The van der Waals surface area contributed by atoms with Gasteiger partial charge >= 0.3 is 0 Å². The molecule has 1 saturated heterocycles. The Morgan fingerprint density at radius 3 is 2.43 bits per heavy atom. The van der Waals surface area contributed by atoms with Crippen LogP contribution in [0.3, 0.4) is 0 Å². The molecule has 1 aliphatic heterocycles. The van der Waals surface area contributed by atoms with Crippen LogP contribution in [0.1, 0.15) is 29.5 Å². The monoisotopic (exact) mass is 420 g/mol. The van der Waals surface area contributed by atoms with Crippen molar-refractivity contribution in [1.29, 1.82) is 0 Å². The van der Waals surface area contributed by atoms with Gasteiger partial charge in [-0.1, -0.05) is 53.6 Å². The molecule has 0 unspecified atom stereocenters. The molecule has 0 saturated carbocycles. The normalized spacial score (nSPS) is 16.1. The van der Waals surface area contributed by atoms with Gasteiger partial charge in [0.25, 0.3) is 0 Å². The molecule has 28 heavy (non-hydrogen) atoms. The number of hydrogen-bond acceptors (Lipinski definition) is 3. The predicted octanol–water partition coefficient (Wildman–Crippen LogP) is 3.51. The van der Waals surface area contributed by atoms with Crippen molar-refractivity contribution in [2.75, 3.05) is 13.1 Å². The van der Waals surface area contributed by atoms with Crippen LogP contribution in [0.15, 0.2) is 48.5 Å². The second-order valence-electron chi connectivity index (χ2n) is 7.26. The Hall–Kier alpha value is -1.89. The Balaban J connectivity index is 1.50. The highest BCUT2D eigenvalue weighted by Crippen LogP contribution is 2.22. The molecular weight excluding hydrogens is 396 g/mol.